The lowest BCUT2D eigenvalue weighted by molar-refractivity contribution is -0.133. The van der Waals surface area contributed by atoms with Gasteiger partial charge < -0.3 is 14.5 Å². The molecular weight excluding hydrogens is 292 g/mol. The topological polar surface area (TPSA) is 49.9 Å². The van der Waals surface area contributed by atoms with E-state index in [4.69, 9.17) is 4.74 Å². The van der Waals surface area contributed by atoms with Crippen LogP contribution in [0, 0.1) is 0 Å². The van der Waals surface area contributed by atoms with Crippen molar-refractivity contribution in [3.8, 4) is 5.75 Å². The Morgan fingerprint density at radius 1 is 1.09 bits per heavy atom. The molecule has 2 rings (SSSR count). The van der Waals surface area contributed by atoms with Gasteiger partial charge in [-0.3, -0.25) is 9.59 Å². The minimum atomic E-state index is 0.165. The quantitative estimate of drug-likeness (QED) is 0.835. The summed E-state index contributed by atoms with van der Waals surface area (Å²) in [6, 6.07) is 7.83. The molecule has 5 heteroatoms. The summed E-state index contributed by atoms with van der Waals surface area (Å²) < 4.78 is 5.21. The van der Waals surface area contributed by atoms with Crippen molar-refractivity contribution in [3.63, 3.8) is 0 Å². The average molecular weight is 318 g/mol. The number of hydrogen-bond acceptors (Lipinski definition) is 3. The maximum absolute atomic E-state index is 12.4. The van der Waals surface area contributed by atoms with Crippen LogP contribution in [0.2, 0.25) is 0 Å². The van der Waals surface area contributed by atoms with E-state index in [0.717, 1.165) is 30.8 Å². The first-order chi connectivity index (χ1) is 11.1. The highest BCUT2D eigenvalue weighted by atomic mass is 16.5. The highest BCUT2D eigenvalue weighted by Gasteiger charge is 2.20. The van der Waals surface area contributed by atoms with Crippen molar-refractivity contribution in [1.82, 2.24) is 9.80 Å². The average Bonchev–Trinajstić information content (AvgIpc) is 2.85. The summed E-state index contributed by atoms with van der Waals surface area (Å²) in [7, 11) is 1.64. The van der Waals surface area contributed by atoms with Gasteiger partial charge in [-0.2, -0.15) is 0 Å². The number of carbonyl (C=O) groups excluding carboxylic acids is 2. The van der Waals surface area contributed by atoms with Gasteiger partial charge >= 0.3 is 0 Å². The van der Waals surface area contributed by atoms with Crippen LogP contribution in [0.15, 0.2) is 24.3 Å². The molecular formula is C18H26N2O3. The predicted octanol–water partition coefficient (Wildman–Crippen LogP) is 2.10. The molecule has 1 aromatic rings. The molecule has 23 heavy (non-hydrogen) atoms. The van der Waals surface area contributed by atoms with Crippen LogP contribution >= 0.6 is 0 Å². The predicted molar refractivity (Wildman–Crippen MR) is 89.4 cm³/mol. The number of aryl methyl sites for hydroxylation is 1. The van der Waals surface area contributed by atoms with E-state index < -0.39 is 0 Å². The van der Waals surface area contributed by atoms with Gasteiger partial charge in [0.2, 0.25) is 11.8 Å². The van der Waals surface area contributed by atoms with Crippen molar-refractivity contribution in [3.05, 3.63) is 29.8 Å². The lowest BCUT2D eigenvalue weighted by atomic mass is 10.1. The second-order valence-electron chi connectivity index (χ2n) is 5.82. The second-order valence-corrected chi connectivity index (χ2v) is 5.82. The molecule has 1 saturated heterocycles. The molecule has 2 amide bonds. The van der Waals surface area contributed by atoms with Crippen LogP contribution in [0.25, 0.3) is 0 Å². The summed E-state index contributed by atoms with van der Waals surface area (Å²) in [4.78, 5) is 28.0. The number of rotatable bonds is 5. The molecule has 5 nitrogen and oxygen atoms in total. The van der Waals surface area contributed by atoms with Gasteiger partial charge in [0.05, 0.1) is 7.11 Å². The Labute approximate surface area is 138 Å². The normalized spacial score (nSPS) is 15.2. The van der Waals surface area contributed by atoms with Crippen LogP contribution in [0.5, 0.6) is 5.75 Å². The van der Waals surface area contributed by atoms with Crippen LogP contribution in [0.4, 0.5) is 0 Å². The van der Waals surface area contributed by atoms with Gasteiger partial charge in [0.15, 0.2) is 0 Å². The van der Waals surface area contributed by atoms with Crippen molar-refractivity contribution < 1.29 is 14.3 Å². The number of benzene rings is 1. The lowest BCUT2D eigenvalue weighted by Gasteiger charge is -2.22. The van der Waals surface area contributed by atoms with Gasteiger partial charge in [-0.05, 0) is 30.5 Å². The van der Waals surface area contributed by atoms with Crippen LogP contribution < -0.4 is 4.74 Å². The van der Waals surface area contributed by atoms with E-state index >= 15 is 0 Å². The standard InChI is InChI=1S/C18H26N2O3/c1-3-17(21)19-10-5-11-20(13-12-19)18(22)9-8-15-6-4-7-16(14-15)23-2/h4,6-7,14H,3,5,8-13H2,1-2H3. The summed E-state index contributed by atoms with van der Waals surface area (Å²) in [5.74, 6) is 1.16. The SMILES string of the molecule is CCC(=O)N1CCCN(C(=O)CCc2cccc(OC)c2)CC1. The van der Waals surface area contributed by atoms with E-state index in [1.807, 2.05) is 41.0 Å². The first kappa shape index (κ1) is 17.3. The molecule has 0 aliphatic carbocycles. The number of nitrogens with zero attached hydrogens (tertiary/aromatic N) is 2. The van der Waals surface area contributed by atoms with Crippen molar-refractivity contribution in [1.29, 1.82) is 0 Å². The molecule has 0 atom stereocenters. The smallest absolute Gasteiger partial charge is 0.222 e. The molecule has 1 aliphatic rings. The monoisotopic (exact) mass is 318 g/mol. The first-order valence-electron chi connectivity index (χ1n) is 8.32. The molecule has 0 radical (unpaired) electrons. The highest BCUT2D eigenvalue weighted by Crippen LogP contribution is 2.15. The van der Waals surface area contributed by atoms with Gasteiger partial charge in [-0.1, -0.05) is 19.1 Å². The van der Waals surface area contributed by atoms with Gasteiger partial charge in [0, 0.05) is 39.0 Å². The van der Waals surface area contributed by atoms with Gasteiger partial charge in [0.1, 0.15) is 5.75 Å². The van der Waals surface area contributed by atoms with E-state index in [1.54, 1.807) is 7.11 Å². The van der Waals surface area contributed by atoms with Crippen LogP contribution in [-0.4, -0.2) is 54.9 Å². The number of amides is 2. The molecule has 0 N–H and O–H groups in total. The molecule has 0 aromatic heterocycles. The molecule has 0 spiro atoms. The zero-order valence-corrected chi connectivity index (χ0v) is 14.1. The Hall–Kier alpha value is -2.04. The lowest BCUT2D eigenvalue weighted by Crippen LogP contribution is -2.37. The minimum Gasteiger partial charge on any atom is -0.497 e. The van der Waals surface area contributed by atoms with Crippen LogP contribution in [0.3, 0.4) is 0 Å². The third-order valence-corrected chi connectivity index (χ3v) is 4.27. The fraction of sp³-hybridized carbons (Fsp3) is 0.556. The van der Waals surface area contributed by atoms with Crippen molar-refractivity contribution >= 4 is 11.8 Å². The zero-order chi connectivity index (χ0) is 16.7. The number of ether oxygens (including phenoxy) is 1. The third-order valence-electron chi connectivity index (χ3n) is 4.27. The summed E-state index contributed by atoms with van der Waals surface area (Å²) in [6.07, 6.45) is 2.60. The first-order valence-corrected chi connectivity index (χ1v) is 8.32. The van der Waals surface area contributed by atoms with E-state index in [2.05, 4.69) is 0 Å². The molecule has 1 heterocycles. The zero-order valence-electron chi connectivity index (χ0n) is 14.1. The maximum atomic E-state index is 12.4. The molecule has 1 fully saturated rings. The van der Waals surface area contributed by atoms with E-state index in [-0.39, 0.29) is 11.8 Å². The highest BCUT2D eigenvalue weighted by molar-refractivity contribution is 5.77. The Bertz CT molecular complexity index is 545. The minimum absolute atomic E-state index is 0.165. The van der Waals surface area contributed by atoms with Crippen molar-refractivity contribution in [2.75, 3.05) is 33.3 Å². The summed E-state index contributed by atoms with van der Waals surface area (Å²) in [5, 5.41) is 0. The molecule has 126 valence electrons. The summed E-state index contributed by atoms with van der Waals surface area (Å²) >= 11 is 0. The van der Waals surface area contributed by atoms with Crippen molar-refractivity contribution in [2.45, 2.75) is 32.6 Å². The number of carbonyl (C=O) groups is 2. The Morgan fingerprint density at radius 2 is 1.78 bits per heavy atom. The van der Waals surface area contributed by atoms with Gasteiger partial charge in [0.25, 0.3) is 0 Å². The van der Waals surface area contributed by atoms with Gasteiger partial charge in [-0.15, -0.1) is 0 Å². The largest absolute Gasteiger partial charge is 0.497 e. The number of methoxy groups -OCH3 is 1. The fourth-order valence-electron chi connectivity index (χ4n) is 2.88. The van der Waals surface area contributed by atoms with Gasteiger partial charge in [-0.25, -0.2) is 0 Å². The Balaban J connectivity index is 1.84. The fourth-order valence-corrected chi connectivity index (χ4v) is 2.88. The number of hydrogen-bond donors (Lipinski definition) is 0. The van der Waals surface area contributed by atoms with Crippen LogP contribution in [0.1, 0.15) is 31.7 Å². The summed E-state index contributed by atoms with van der Waals surface area (Å²) in [5.41, 5.74) is 1.11. The second kappa shape index (κ2) is 8.56. The van der Waals surface area contributed by atoms with E-state index in [1.165, 1.54) is 0 Å². The maximum Gasteiger partial charge on any atom is 0.222 e. The Kier molecular flexibility index (Phi) is 6.44. The molecule has 0 unspecified atom stereocenters. The van der Waals surface area contributed by atoms with E-state index in [9.17, 15) is 9.59 Å². The molecule has 1 aromatic carbocycles. The molecule has 0 bridgehead atoms. The van der Waals surface area contributed by atoms with E-state index in [0.29, 0.717) is 32.4 Å². The summed E-state index contributed by atoms with van der Waals surface area (Å²) in [6.45, 7) is 4.67. The molecule has 0 saturated carbocycles. The van der Waals surface area contributed by atoms with Crippen LogP contribution in [-0.2, 0) is 16.0 Å². The molecule has 1 aliphatic heterocycles. The Morgan fingerprint density at radius 3 is 2.43 bits per heavy atom. The van der Waals surface area contributed by atoms with Crippen molar-refractivity contribution in [2.24, 2.45) is 0 Å². The third kappa shape index (κ3) is 4.98.